The molecule has 2 aromatic carbocycles. The number of aryl methyl sites for hydroxylation is 4. The fourth-order valence-electron chi connectivity index (χ4n) is 3.27. The van der Waals surface area contributed by atoms with Gasteiger partial charge in [-0.25, -0.2) is 9.97 Å². The second kappa shape index (κ2) is 8.31. The molecule has 6 nitrogen and oxygen atoms in total. The summed E-state index contributed by atoms with van der Waals surface area (Å²) in [6, 6.07) is 13.6. The third kappa shape index (κ3) is 4.90. The van der Waals surface area contributed by atoms with Gasteiger partial charge in [-0.1, -0.05) is 17.7 Å². The van der Waals surface area contributed by atoms with E-state index in [2.05, 4.69) is 39.7 Å². The predicted molar refractivity (Wildman–Crippen MR) is 119 cm³/mol. The Morgan fingerprint density at radius 2 is 1.52 bits per heavy atom. The van der Waals surface area contributed by atoms with Crippen LogP contribution in [0.5, 0.6) is 0 Å². The number of carbonyl (C=O) groups is 1. The standard InChI is InChI=1S/C23H27N5O/c1-14-11-15(2)21(16(3)12-14)27-23-24-17(4)13-20(26-23)22(29)25-18-7-9-19(10-8-18)28(5)6/h7-13H,1-6H3,(H,25,29)(H,24,26,27). The van der Waals surface area contributed by atoms with Crippen molar-refractivity contribution in [3.05, 3.63) is 70.5 Å². The Bertz CT molecular complexity index is 1020. The summed E-state index contributed by atoms with van der Waals surface area (Å²) in [5.74, 6) is 0.140. The second-order valence-corrected chi connectivity index (χ2v) is 7.51. The molecule has 0 aliphatic heterocycles. The van der Waals surface area contributed by atoms with Crippen LogP contribution in [0.3, 0.4) is 0 Å². The Morgan fingerprint density at radius 1 is 0.897 bits per heavy atom. The lowest BCUT2D eigenvalue weighted by molar-refractivity contribution is 0.102. The van der Waals surface area contributed by atoms with Crippen molar-refractivity contribution in [2.45, 2.75) is 27.7 Å². The Hall–Kier alpha value is -3.41. The molecule has 1 heterocycles. The maximum absolute atomic E-state index is 12.7. The number of hydrogen-bond donors (Lipinski definition) is 2. The fraction of sp³-hybridized carbons (Fsp3) is 0.261. The summed E-state index contributed by atoms with van der Waals surface area (Å²) in [6.45, 7) is 8.01. The summed E-state index contributed by atoms with van der Waals surface area (Å²) in [5.41, 5.74) is 7.21. The van der Waals surface area contributed by atoms with Crippen molar-refractivity contribution in [1.82, 2.24) is 9.97 Å². The third-order valence-corrected chi connectivity index (χ3v) is 4.64. The first kappa shape index (κ1) is 20.3. The molecule has 2 N–H and O–H groups in total. The molecule has 0 unspecified atom stereocenters. The molecular formula is C23H27N5O. The van der Waals surface area contributed by atoms with E-state index in [1.54, 1.807) is 6.07 Å². The molecule has 0 radical (unpaired) electrons. The van der Waals surface area contributed by atoms with Crippen LogP contribution in [0, 0.1) is 27.7 Å². The molecule has 0 fully saturated rings. The average molecular weight is 390 g/mol. The molecule has 0 aliphatic rings. The number of benzene rings is 2. The number of amides is 1. The Balaban J connectivity index is 1.82. The predicted octanol–water partition coefficient (Wildman–Crippen LogP) is 4.77. The van der Waals surface area contributed by atoms with Crippen molar-refractivity contribution in [2.75, 3.05) is 29.6 Å². The zero-order valence-corrected chi connectivity index (χ0v) is 17.8. The molecule has 1 aromatic heterocycles. The highest BCUT2D eigenvalue weighted by Gasteiger charge is 2.13. The largest absolute Gasteiger partial charge is 0.378 e. The van der Waals surface area contributed by atoms with E-state index in [1.807, 2.05) is 64.0 Å². The van der Waals surface area contributed by atoms with Gasteiger partial charge < -0.3 is 15.5 Å². The summed E-state index contributed by atoms with van der Waals surface area (Å²) in [4.78, 5) is 23.6. The summed E-state index contributed by atoms with van der Waals surface area (Å²) < 4.78 is 0. The van der Waals surface area contributed by atoms with Gasteiger partial charge in [-0.2, -0.15) is 0 Å². The van der Waals surface area contributed by atoms with Gasteiger partial charge in [0.1, 0.15) is 5.69 Å². The number of aromatic nitrogens is 2. The smallest absolute Gasteiger partial charge is 0.274 e. The molecule has 1 amide bonds. The summed E-state index contributed by atoms with van der Waals surface area (Å²) in [6.07, 6.45) is 0. The van der Waals surface area contributed by atoms with E-state index in [-0.39, 0.29) is 5.91 Å². The van der Waals surface area contributed by atoms with Crippen molar-refractivity contribution in [3.8, 4) is 0 Å². The van der Waals surface area contributed by atoms with Crippen molar-refractivity contribution in [1.29, 1.82) is 0 Å². The van der Waals surface area contributed by atoms with Gasteiger partial charge in [0.15, 0.2) is 0 Å². The van der Waals surface area contributed by atoms with Gasteiger partial charge in [0.25, 0.3) is 5.91 Å². The van der Waals surface area contributed by atoms with Crippen molar-refractivity contribution in [3.63, 3.8) is 0 Å². The average Bonchev–Trinajstić information content (AvgIpc) is 2.64. The van der Waals surface area contributed by atoms with Crippen LogP contribution in [-0.2, 0) is 0 Å². The molecule has 0 spiro atoms. The molecule has 150 valence electrons. The fourth-order valence-corrected chi connectivity index (χ4v) is 3.27. The summed E-state index contributed by atoms with van der Waals surface area (Å²) in [7, 11) is 3.95. The molecule has 0 saturated carbocycles. The number of hydrogen-bond acceptors (Lipinski definition) is 5. The second-order valence-electron chi connectivity index (χ2n) is 7.51. The highest BCUT2D eigenvalue weighted by molar-refractivity contribution is 6.03. The SMILES string of the molecule is Cc1cc(C)c(Nc2nc(C)cc(C(=O)Nc3ccc(N(C)C)cc3)n2)c(C)c1. The minimum Gasteiger partial charge on any atom is -0.378 e. The molecule has 0 atom stereocenters. The number of anilines is 4. The lowest BCUT2D eigenvalue weighted by Crippen LogP contribution is -2.16. The maximum atomic E-state index is 12.7. The minimum atomic E-state index is -0.270. The molecule has 0 bridgehead atoms. The van der Waals surface area contributed by atoms with Crippen LogP contribution >= 0.6 is 0 Å². The highest BCUT2D eigenvalue weighted by atomic mass is 16.1. The van der Waals surface area contributed by atoms with E-state index < -0.39 is 0 Å². The quantitative estimate of drug-likeness (QED) is 0.658. The monoisotopic (exact) mass is 389 g/mol. The zero-order chi connectivity index (χ0) is 21.1. The zero-order valence-electron chi connectivity index (χ0n) is 17.8. The van der Waals surface area contributed by atoms with E-state index in [0.717, 1.165) is 33.9 Å². The number of nitrogens with one attached hydrogen (secondary N) is 2. The molecule has 29 heavy (non-hydrogen) atoms. The first-order valence-corrected chi connectivity index (χ1v) is 9.52. The Morgan fingerprint density at radius 3 is 2.10 bits per heavy atom. The van der Waals surface area contributed by atoms with Crippen molar-refractivity contribution < 1.29 is 4.79 Å². The normalized spacial score (nSPS) is 10.6. The van der Waals surface area contributed by atoms with Crippen molar-refractivity contribution >= 4 is 28.9 Å². The third-order valence-electron chi connectivity index (χ3n) is 4.64. The highest BCUT2D eigenvalue weighted by Crippen LogP contribution is 2.25. The van der Waals surface area contributed by atoms with E-state index in [9.17, 15) is 4.79 Å². The summed E-state index contributed by atoms with van der Waals surface area (Å²) >= 11 is 0. The molecular weight excluding hydrogens is 362 g/mol. The lowest BCUT2D eigenvalue weighted by Gasteiger charge is -2.14. The van der Waals surface area contributed by atoms with Crippen LogP contribution in [0.4, 0.5) is 23.0 Å². The number of rotatable bonds is 5. The van der Waals surface area contributed by atoms with Crippen LogP contribution in [0.15, 0.2) is 42.5 Å². The van der Waals surface area contributed by atoms with Gasteiger partial charge in [0.2, 0.25) is 5.95 Å². The molecule has 3 aromatic rings. The Kier molecular flexibility index (Phi) is 5.82. The number of nitrogens with zero attached hydrogens (tertiary/aromatic N) is 3. The molecule has 6 heteroatoms. The topological polar surface area (TPSA) is 70.2 Å². The van der Waals surface area contributed by atoms with E-state index in [0.29, 0.717) is 11.6 Å². The lowest BCUT2D eigenvalue weighted by atomic mass is 10.1. The molecule has 3 rings (SSSR count). The number of carbonyl (C=O) groups excluding carboxylic acids is 1. The first-order valence-electron chi connectivity index (χ1n) is 9.52. The van der Waals surface area contributed by atoms with Crippen LogP contribution in [-0.4, -0.2) is 30.0 Å². The van der Waals surface area contributed by atoms with Gasteiger partial charge in [-0.3, -0.25) is 4.79 Å². The van der Waals surface area contributed by atoms with Gasteiger partial charge in [-0.05, 0) is 69.2 Å². The van der Waals surface area contributed by atoms with Crippen LogP contribution in [0.1, 0.15) is 32.9 Å². The van der Waals surface area contributed by atoms with Gasteiger partial charge in [0, 0.05) is 36.9 Å². The van der Waals surface area contributed by atoms with Gasteiger partial charge in [0.05, 0.1) is 0 Å². The van der Waals surface area contributed by atoms with Crippen LogP contribution in [0.25, 0.3) is 0 Å². The van der Waals surface area contributed by atoms with Gasteiger partial charge >= 0.3 is 0 Å². The van der Waals surface area contributed by atoms with Crippen LogP contribution < -0.4 is 15.5 Å². The van der Waals surface area contributed by atoms with E-state index >= 15 is 0 Å². The molecule has 0 saturated heterocycles. The Labute approximate surface area is 172 Å². The first-order chi connectivity index (χ1) is 13.7. The van der Waals surface area contributed by atoms with Crippen molar-refractivity contribution in [2.24, 2.45) is 0 Å². The maximum Gasteiger partial charge on any atom is 0.274 e. The van der Waals surface area contributed by atoms with Gasteiger partial charge in [-0.15, -0.1) is 0 Å². The van der Waals surface area contributed by atoms with Crippen LogP contribution in [0.2, 0.25) is 0 Å². The van der Waals surface area contributed by atoms with E-state index in [1.165, 1.54) is 5.56 Å². The van der Waals surface area contributed by atoms with E-state index in [4.69, 9.17) is 0 Å². The molecule has 0 aliphatic carbocycles. The summed E-state index contributed by atoms with van der Waals surface area (Å²) in [5, 5.41) is 6.18. The minimum absolute atomic E-state index is 0.270.